The van der Waals surface area contributed by atoms with Gasteiger partial charge in [0.2, 0.25) is 5.91 Å². The lowest BCUT2D eigenvalue weighted by atomic mass is 10.1. The lowest BCUT2D eigenvalue weighted by Crippen LogP contribution is -2.19. The third-order valence-electron chi connectivity index (χ3n) is 4.92. The third-order valence-corrected chi connectivity index (χ3v) is 6.17. The van der Waals surface area contributed by atoms with Crippen LogP contribution in [0, 0.1) is 11.6 Å². The fourth-order valence-corrected chi connectivity index (χ4v) is 4.33. The number of thioether (sulfide) groups is 1. The first kappa shape index (κ1) is 23.2. The molecule has 2 amide bonds. The largest absolute Gasteiger partial charge is 0.322 e. The molecule has 7 heteroatoms. The van der Waals surface area contributed by atoms with Crippen LogP contribution in [0.1, 0.15) is 21.2 Å². The van der Waals surface area contributed by atoms with Crippen molar-refractivity contribution in [3.05, 3.63) is 126 Å². The molecule has 2 N–H and O–H groups in total. The number of anilines is 2. The fourth-order valence-electron chi connectivity index (χ4n) is 3.25. The molecule has 34 heavy (non-hydrogen) atoms. The van der Waals surface area contributed by atoms with Crippen LogP contribution in [0.15, 0.2) is 108 Å². The van der Waals surface area contributed by atoms with Crippen LogP contribution in [0.3, 0.4) is 0 Å². The first-order valence-corrected chi connectivity index (χ1v) is 11.3. The predicted octanol–water partition coefficient (Wildman–Crippen LogP) is 6.69. The topological polar surface area (TPSA) is 58.2 Å². The molecule has 1 atom stereocenters. The first-order valence-electron chi connectivity index (χ1n) is 10.4. The summed E-state index contributed by atoms with van der Waals surface area (Å²) in [5.74, 6) is -1.69. The zero-order valence-electron chi connectivity index (χ0n) is 17.9. The Balaban J connectivity index is 1.54. The standard InChI is InChI=1S/C27H20F2N2O2S/c28-20-15-13-19(14-16-20)26(32)30-21-9-6-10-22(17-21)34-25(18-7-2-1-3-8-18)27(33)31-24-12-5-4-11-23(24)29/h1-17,25H,(H,30,32)(H,31,33). The van der Waals surface area contributed by atoms with Crippen molar-refractivity contribution in [2.75, 3.05) is 10.6 Å². The third kappa shape index (κ3) is 5.88. The number of rotatable bonds is 7. The average molecular weight is 475 g/mol. The highest BCUT2D eigenvalue weighted by atomic mass is 32.2. The number of amides is 2. The summed E-state index contributed by atoms with van der Waals surface area (Å²) in [5, 5.41) is 4.79. The van der Waals surface area contributed by atoms with Crippen molar-refractivity contribution in [3.8, 4) is 0 Å². The van der Waals surface area contributed by atoms with Crippen molar-refractivity contribution in [2.45, 2.75) is 10.1 Å². The van der Waals surface area contributed by atoms with Crippen molar-refractivity contribution in [2.24, 2.45) is 0 Å². The second-order valence-electron chi connectivity index (χ2n) is 7.37. The molecule has 4 aromatic carbocycles. The summed E-state index contributed by atoms with van der Waals surface area (Å²) in [6, 6.07) is 27.5. The SMILES string of the molecule is O=C(Nc1cccc(SC(C(=O)Nc2ccccc2F)c2ccccc2)c1)c1ccc(F)cc1. The Labute approximate surface area is 200 Å². The number of benzene rings is 4. The van der Waals surface area contributed by atoms with Crippen molar-refractivity contribution >= 4 is 35.0 Å². The van der Waals surface area contributed by atoms with Crippen molar-refractivity contribution in [1.82, 2.24) is 0 Å². The van der Waals surface area contributed by atoms with Crippen LogP contribution in [0.25, 0.3) is 0 Å². The molecule has 4 aromatic rings. The molecule has 170 valence electrons. The molecule has 4 rings (SSSR count). The van der Waals surface area contributed by atoms with Gasteiger partial charge in [-0.25, -0.2) is 8.78 Å². The lowest BCUT2D eigenvalue weighted by molar-refractivity contribution is -0.115. The van der Waals surface area contributed by atoms with E-state index >= 15 is 0 Å². The maximum absolute atomic E-state index is 14.1. The quantitative estimate of drug-likeness (QED) is 0.294. The van der Waals surface area contributed by atoms with Crippen LogP contribution in [-0.2, 0) is 4.79 Å². The van der Waals surface area contributed by atoms with E-state index in [4.69, 9.17) is 0 Å². The average Bonchev–Trinajstić information content (AvgIpc) is 2.85. The van der Waals surface area contributed by atoms with Crippen LogP contribution in [0.4, 0.5) is 20.2 Å². The van der Waals surface area contributed by atoms with Gasteiger partial charge in [-0.05, 0) is 60.2 Å². The van der Waals surface area contributed by atoms with Crippen molar-refractivity contribution in [3.63, 3.8) is 0 Å². The summed E-state index contributed by atoms with van der Waals surface area (Å²) in [6.07, 6.45) is 0. The van der Waals surface area contributed by atoms with E-state index in [0.717, 1.165) is 10.5 Å². The maximum Gasteiger partial charge on any atom is 0.255 e. The molecule has 0 saturated heterocycles. The normalized spacial score (nSPS) is 11.5. The summed E-state index contributed by atoms with van der Waals surface area (Å²) in [4.78, 5) is 26.4. The zero-order chi connectivity index (χ0) is 23.9. The molecule has 1 unspecified atom stereocenters. The van der Waals surface area contributed by atoms with Gasteiger partial charge in [-0.3, -0.25) is 9.59 Å². The van der Waals surface area contributed by atoms with Gasteiger partial charge in [0.05, 0.1) is 5.69 Å². The number of carbonyl (C=O) groups excluding carboxylic acids is 2. The van der Waals surface area contributed by atoms with Crippen LogP contribution < -0.4 is 10.6 Å². The number of hydrogen-bond acceptors (Lipinski definition) is 3. The smallest absolute Gasteiger partial charge is 0.255 e. The minimum absolute atomic E-state index is 0.106. The van der Waals surface area contributed by atoms with E-state index in [1.54, 1.807) is 30.3 Å². The summed E-state index contributed by atoms with van der Waals surface area (Å²) in [7, 11) is 0. The molecular weight excluding hydrogens is 454 g/mol. The van der Waals surface area contributed by atoms with E-state index in [0.29, 0.717) is 11.3 Å². The van der Waals surface area contributed by atoms with E-state index in [1.165, 1.54) is 48.2 Å². The van der Waals surface area contributed by atoms with E-state index in [1.807, 2.05) is 36.4 Å². The van der Waals surface area contributed by atoms with Gasteiger partial charge in [-0.1, -0.05) is 48.5 Å². The number of para-hydroxylation sites is 1. The zero-order valence-corrected chi connectivity index (χ0v) is 18.7. The predicted molar refractivity (Wildman–Crippen MR) is 131 cm³/mol. The highest BCUT2D eigenvalue weighted by Crippen LogP contribution is 2.37. The molecule has 0 aliphatic rings. The van der Waals surface area contributed by atoms with Gasteiger partial charge in [0.1, 0.15) is 16.9 Å². The summed E-state index contributed by atoms with van der Waals surface area (Å²) >= 11 is 1.28. The molecule has 0 fully saturated rings. The molecule has 0 heterocycles. The van der Waals surface area contributed by atoms with Crippen LogP contribution in [0.2, 0.25) is 0 Å². The van der Waals surface area contributed by atoms with Gasteiger partial charge in [0, 0.05) is 16.1 Å². The Kier molecular flexibility index (Phi) is 7.34. The number of hydrogen-bond donors (Lipinski definition) is 2. The second-order valence-corrected chi connectivity index (χ2v) is 8.55. The van der Waals surface area contributed by atoms with E-state index in [9.17, 15) is 18.4 Å². The van der Waals surface area contributed by atoms with Crippen LogP contribution in [-0.4, -0.2) is 11.8 Å². The van der Waals surface area contributed by atoms with Gasteiger partial charge >= 0.3 is 0 Å². The maximum atomic E-state index is 14.1. The van der Waals surface area contributed by atoms with Crippen molar-refractivity contribution < 1.29 is 18.4 Å². The Morgan fingerprint density at radius 1 is 0.735 bits per heavy atom. The minimum atomic E-state index is -0.663. The van der Waals surface area contributed by atoms with Gasteiger partial charge in [0.15, 0.2) is 0 Å². The Morgan fingerprint density at radius 2 is 1.44 bits per heavy atom. The minimum Gasteiger partial charge on any atom is -0.322 e. The molecule has 0 radical (unpaired) electrons. The van der Waals surface area contributed by atoms with E-state index < -0.39 is 16.9 Å². The van der Waals surface area contributed by atoms with Gasteiger partial charge in [-0.2, -0.15) is 0 Å². The number of nitrogens with one attached hydrogen (secondary N) is 2. The molecule has 4 nitrogen and oxygen atoms in total. The monoisotopic (exact) mass is 474 g/mol. The van der Waals surface area contributed by atoms with Gasteiger partial charge in [-0.15, -0.1) is 11.8 Å². The number of halogens is 2. The summed E-state index contributed by atoms with van der Waals surface area (Å²) < 4.78 is 27.2. The summed E-state index contributed by atoms with van der Waals surface area (Å²) in [5.41, 5.74) is 1.71. The molecule has 0 aliphatic carbocycles. The highest BCUT2D eigenvalue weighted by molar-refractivity contribution is 8.00. The Hall–Kier alpha value is -3.97. The molecule has 0 aromatic heterocycles. The van der Waals surface area contributed by atoms with E-state index in [-0.39, 0.29) is 17.5 Å². The van der Waals surface area contributed by atoms with Gasteiger partial charge in [0.25, 0.3) is 5.91 Å². The molecule has 0 spiro atoms. The summed E-state index contributed by atoms with van der Waals surface area (Å²) in [6.45, 7) is 0. The fraction of sp³-hybridized carbons (Fsp3) is 0.0370. The van der Waals surface area contributed by atoms with E-state index in [2.05, 4.69) is 10.6 Å². The van der Waals surface area contributed by atoms with Crippen molar-refractivity contribution in [1.29, 1.82) is 0 Å². The Morgan fingerprint density at radius 3 is 2.18 bits per heavy atom. The Bertz CT molecular complexity index is 1300. The molecular formula is C27H20F2N2O2S. The number of carbonyl (C=O) groups is 2. The lowest BCUT2D eigenvalue weighted by Gasteiger charge is -2.18. The van der Waals surface area contributed by atoms with Crippen LogP contribution >= 0.6 is 11.8 Å². The molecule has 0 saturated carbocycles. The van der Waals surface area contributed by atoms with Gasteiger partial charge < -0.3 is 10.6 Å². The highest BCUT2D eigenvalue weighted by Gasteiger charge is 2.23. The molecule has 0 aliphatic heterocycles. The first-order chi connectivity index (χ1) is 16.5. The second kappa shape index (κ2) is 10.8. The molecule has 0 bridgehead atoms. The van der Waals surface area contributed by atoms with Crippen LogP contribution in [0.5, 0.6) is 0 Å².